The van der Waals surface area contributed by atoms with Crippen LogP contribution in [-0.4, -0.2) is 15.0 Å². The van der Waals surface area contributed by atoms with Gasteiger partial charge in [-0.05, 0) is 60.9 Å². The molecule has 1 aliphatic carbocycles. The van der Waals surface area contributed by atoms with E-state index in [1.54, 1.807) is 29.4 Å². The Morgan fingerprint density at radius 3 is 2.76 bits per heavy atom. The summed E-state index contributed by atoms with van der Waals surface area (Å²) in [5, 5.41) is 2.37. The standard InChI is InChI=1S/C23H22BrN3S2/c1-2-3-7-18-16-5-4-6-17(16)19-20-21(29-22(19)27-18)23(26-13-25-20)28-12-14-8-10-15(24)11-9-14/h8-11,13H,2-7,12H2,1H3. The van der Waals surface area contributed by atoms with Crippen LogP contribution in [0.3, 0.4) is 0 Å². The Labute approximate surface area is 187 Å². The minimum absolute atomic E-state index is 0.904. The predicted molar refractivity (Wildman–Crippen MR) is 127 cm³/mol. The van der Waals surface area contributed by atoms with Gasteiger partial charge in [-0.2, -0.15) is 0 Å². The molecule has 0 bridgehead atoms. The first kappa shape index (κ1) is 19.5. The lowest BCUT2D eigenvalue weighted by Crippen LogP contribution is -1.98. The third kappa shape index (κ3) is 3.71. The monoisotopic (exact) mass is 483 g/mol. The van der Waals surface area contributed by atoms with Crippen molar-refractivity contribution >= 4 is 59.5 Å². The molecule has 0 spiro atoms. The second-order valence-electron chi connectivity index (χ2n) is 7.53. The molecule has 1 aliphatic rings. The number of aromatic nitrogens is 3. The summed E-state index contributed by atoms with van der Waals surface area (Å²) in [6.45, 7) is 2.25. The van der Waals surface area contributed by atoms with E-state index in [1.165, 1.54) is 58.2 Å². The van der Waals surface area contributed by atoms with E-state index in [9.17, 15) is 0 Å². The number of aryl methyl sites for hydroxylation is 2. The van der Waals surface area contributed by atoms with Gasteiger partial charge in [0.15, 0.2) is 0 Å². The van der Waals surface area contributed by atoms with Crippen LogP contribution in [0.4, 0.5) is 0 Å². The van der Waals surface area contributed by atoms with Crippen molar-refractivity contribution in [2.24, 2.45) is 0 Å². The van der Waals surface area contributed by atoms with Gasteiger partial charge in [-0.25, -0.2) is 15.0 Å². The largest absolute Gasteiger partial charge is 0.242 e. The smallest absolute Gasteiger partial charge is 0.126 e. The van der Waals surface area contributed by atoms with E-state index >= 15 is 0 Å². The van der Waals surface area contributed by atoms with Gasteiger partial charge in [-0.15, -0.1) is 23.1 Å². The molecule has 4 aromatic rings. The molecule has 148 valence electrons. The van der Waals surface area contributed by atoms with Crippen LogP contribution in [0.2, 0.25) is 0 Å². The highest BCUT2D eigenvalue weighted by Crippen LogP contribution is 2.42. The molecule has 0 N–H and O–H groups in total. The minimum atomic E-state index is 0.904. The van der Waals surface area contributed by atoms with Gasteiger partial charge in [0.2, 0.25) is 0 Å². The first-order valence-corrected chi connectivity index (χ1v) is 12.8. The van der Waals surface area contributed by atoms with Crippen LogP contribution in [0.15, 0.2) is 40.1 Å². The first-order valence-electron chi connectivity index (χ1n) is 10.2. The van der Waals surface area contributed by atoms with E-state index in [0.717, 1.165) is 38.4 Å². The fourth-order valence-electron chi connectivity index (χ4n) is 4.14. The van der Waals surface area contributed by atoms with E-state index in [0.29, 0.717) is 0 Å². The number of hydrogen-bond acceptors (Lipinski definition) is 5. The highest BCUT2D eigenvalue weighted by atomic mass is 79.9. The van der Waals surface area contributed by atoms with Crippen molar-refractivity contribution in [1.82, 2.24) is 15.0 Å². The SMILES string of the molecule is CCCCc1nc2sc3c(SCc4ccc(Br)cc4)ncnc3c2c2c1CCC2. The third-order valence-electron chi connectivity index (χ3n) is 5.58. The molecule has 5 rings (SSSR count). The maximum atomic E-state index is 5.13. The lowest BCUT2D eigenvalue weighted by atomic mass is 10.0. The summed E-state index contributed by atoms with van der Waals surface area (Å²) < 4.78 is 2.30. The fraction of sp³-hybridized carbons (Fsp3) is 0.348. The Morgan fingerprint density at radius 1 is 1.10 bits per heavy atom. The number of benzene rings is 1. The normalized spacial score (nSPS) is 13.4. The number of hydrogen-bond donors (Lipinski definition) is 0. The second kappa shape index (κ2) is 8.32. The molecule has 0 saturated carbocycles. The fourth-order valence-corrected chi connectivity index (χ4v) is 6.62. The molecule has 0 saturated heterocycles. The number of thiophene rings is 1. The average molecular weight is 484 g/mol. The number of unbranched alkanes of at least 4 members (excludes halogenated alkanes) is 1. The van der Waals surface area contributed by atoms with Gasteiger partial charge in [-0.1, -0.05) is 41.4 Å². The van der Waals surface area contributed by atoms with Gasteiger partial charge in [0.1, 0.15) is 16.2 Å². The number of thioether (sulfide) groups is 1. The van der Waals surface area contributed by atoms with Crippen LogP contribution < -0.4 is 0 Å². The molecule has 3 aromatic heterocycles. The molecule has 0 fully saturated rings. The lowest BCUT2D eigenvalue weighted by Gasteiger charge is -2.08. The van der Waals surface area contributed by atoms with Crippen LogP contribution in [0.25, 0.3) is 20.4 Å². The van der Waals surface area contributed by atoms with E-state index in [4.69, 9.17) is 9.97 Å². The highest BCUT2D eigenvalue weighted by molar-refractivity contribution is 9.10. The average Bonchev–Trinajstić information content (AvgIpc) is 3.36. The van der Waals surface area contributed by atoms with Crippen LogP contribution in [0.1, 0.15) is 48.6 Å². The molecular formula is C23H22BrN3S2. The lowest BCUT2D eigenvalue weighted by molar-refractivity contribution is 0.770. The zero-order valence-corrected chi connectivity index (χ0v) is 19.6. The first-order chi connectivity index (χ1) is 14.2. The summed E-state index contributed by atoms with van der Waals surface area (Å²) in [5.74, 6) is 0.904. The maximum Gasteiger partial charge on any atom is 0.126 e. The summed E-state index contributed by atoms with van der Waals surface area (Å²) in [7, 11) is 0. The van der Waals surface area contributed by atoms with Gasteiger partial charge in [-0.3, -0.25) is 0 Å². The molecule has 1 aromatic carbocycles. The number of pyridine rings is 1. The summed E-state index contributed by atoms with van der Waals surface area (Å²) in [5.41, 5.74) is 6.75. The molecular weight excluding hydrogens is 462 g/mol. The molecule has 3 nitrogen and oxygen atoms in total. The van der Waals surface area contributed by atoms with Crippen LogP contribution in [0, 0.1) is 0 Å². The summed E-state index contributed by atoms with van der Waals surface area (Å²) >= 11 is 7.07. The van der Waals surface area contributed by atoms with Gasteiger partial charge in [0.05, 0.1) is 10.2 Å². The number of rotatable bonds is 6. The summed E-state index contributed by atoms with van der Waals surface area (Å²) in [6, 6.07) is 8.51. The Bertz CT molecular complexity index is 1180. The minimum Gasteiger partial charge on any atom is -0.242 e. The second-order valence-corrected chi connectivity index (χ2v) is 10.4. The molecule has 3 heterocycles. The summed E-state index contributed by atoms with van der Waals surface area (Å²) in [4.78, 5) is 15.6. The molecule has 0 unspecified atom stereocenters. The van der Waals surface area contributed by atoms with Crippen molar-refractivity contribution in [3.8, 4) is 0 Å². The van der Waals surface area contributed by atoms with Crippen molar-refractivity contribution in [2.45, 2.75) is 56.2 Å². The van der Waals surface area contributed by atoms with Crippen molar-refractivity contribution in [2.75, 3.05) is 0 Å². The van der Waals surface area contributed by atoms with Gasteiger partial charge in [0.25, 0.3) is 0 Å². The topological polar surface area (TPSA) is 38.7 Å². The van der Waals surface area contributed by atoms with Crippen molar-refractivity contribution in [1.29, 1.82) is 0 Å². The number of fused-ring (bicyclic) bond motifs is 5. The van der Waals surface area contributed by atoms with Crippen LogP contribution >= 0.6 is 39.0 Å². The Kier molecular flexibility index (Phi) is 5.59. The van der Waals surface area contributed by atoms with Crippen molar-refractivity contribution in [3.63, 3.8) is 0 Å². The zero-order valence-electron chi connectivity index (χ0n) is 16.4. The van der Waals surface area contributed by atoms with E-state index in [2.05, 4.69) is 52.1 Å². The number of nitrogens with zero attached hydrogens (tertiary/aromatic N) is 3. The predicted octanol–water partition coefficient (Wildman–Crippen LogP) is 7.13. The van der Waals surface area contributed by atoms with Gasteiger partial charge < -0.3 is 0 Å². The van der Waals surface area contributed by atoms with Crippen LogP contribution in [0.5, 0.6) is 0 Å². The maximum absolute atomic E-state index is 5.13. The Morgan fingerprint density at radius 2 is 1.93 bits per heavy atom. The highest BCUT2D eigenvalue weighted by Gasteiger charge is 2.24. The Hall–Kier alpha value is -1.50. The van der Waals surface area contributed by atoms with Gasteiger partial charge in [0, 0.05) is 21.3 Å². The molecule has 29 heavy (non-hydrogen) atoms. The molecule has 0 amide bonds. The molecule has 6 heteroatoms. The van der Waals surface area contributed by atoms with Gasteiger partial charge >= 0.3 is 0 Å². The molecule has 0 radical (unpaired) electrons. The summed E-state index contributed by atoms with van der Waals surface area (Å²) in [6.07, 6.45) is 8.82. The zero-order chi connectivity index (χ0) is 19.8. The molecule has 0 aliphatic heterocycles. The van der Waals surface area contributed by atoms with Crippen molar-refractivity contribution < 1.29 is 0 Å². The number of halogens is 1. The van der Waals surface area contributed by atoms with E-state index in [-0.39, 0.29) is 0 Å². The van der Waals surface area contributed by atoms with E-state index in [1.807, 2.05) is 0 Å². The van der Waals surface area contributed by atoms with E-state index < -0.39 is 0 Å². The Balaban J connectivity index is 1.57. The quantitative estimate of drug-likeness (QED) is 0.216. The third-order valence-corrected chi connectivity index (χ3v) is 8.38. The van der Waals surface area contributed by atoms with Crippen LogP contribution in [-0.2, 0) is 25.0 Å². The molecule has 0 atom stereocenters. The van der Waals surface area contributed by atoms with Crippen molar-refractivity contribution in [3.05, 3.63) is 57.4 Å².